The van der Waals surface area contributed by atoms with Crippen molar-refractivity contribution in [3.8, 4) is 11.4 Å². The molecule has 0 aliphatic rings. The lowest BCUT2D eigenvalue weighted by Gasteiger charge is -2.18. The number of likely N-dealkylation sites (N-methyl/N-ethyl adjacent to an activating group) is 1. The quantitative estimate of drug-likeness (QED) is 0.0871. The molecular weight excluding hydrogens is 524 g/mol. The van der Waals surface area contributed by atoms with Gasteiger partial charge in [-0.25, -0.2) is 14.4 Å². The third-order valence-corrected chi connectivity index (χ3v) is 6.49. The van der Waals surface area contributed by atoms with Gasteiger partial charge in [0.15, 0.2) is 14.9 Å². The summed E-state index contributed by atoms with van der Waals surface area (Å²) < 4.78 is 22.0. The van der Waals surface area contributed by atoms with Crippen molar-refractivity contribution in [2.45, 2.75) is 11.8 Å². The van der Waals surface area contributed by atoms with Crippen molar-refractivity contribution in [3.63, 3.8) is 0 Å². The second-order valence-corrected chi connectivity index (χ2v) is 9.56. The van der Waals surface area contributed by atoms with Crippen LogP contribution in [0.25, 0.3) is 11.4 Å². The first-order valence-electron chi connectivity index (χ1n) is 10.9. The summed E-state index contributed by atoms with van der Waals surface area (Å²) in [6, 6.07) is 11.7. The Kier molecular flexibility index (Phi) is 10.7. The normalized spacial score (nSPS) is 11.4. The summed E-state index contributed by atoms with van der Waals surface area (Å²) in [6.45, 7) is 4.01. The molecule has 36 heavy (non-hydrogen) atoms. The van der Waals surface area contributed by atoms with Crippen molar-refractivity contribution in [3.05, 3.63) is 58.9 Å². The fourth-order valence-corrected chi connectivity index (χ4v) is 4.32. The van der Waals surface area contributed by atoms with Crippen molar-refractivity contribution >= 4 is 55.6 Å². The van der Waals surface area contributed by atoms with Crippen LogP contribution in [0.2, 0.25) is 5.02 Å². The van der Waals surface area contributed by atoms with E-state index in [0.717, 1.165) is 23.2 Å². The minimum atomic E-state index is -0.515. The lowest BCUT2D eigenvalue weighted by molar-refractivity contribution is 0.249. The Bertz CT molecular complexity index is 1190. The lowest BCUT2D eigenvalue weighted by atomic mass is 10.1. The number of rotatable bonds is 13. The Hall–Kier alpha value is -2.53. The van der Waals surface area contributed by atoms with Crippen LogP contribution in [0.3, 0.4) is 0 Å². The van der Waals surface area contributed by atoms with Crippen LogP contribution in [0.4, 0.5) is 21.7 Å². The van der Waals surface area contributed by atoms with E-state index in [1.807, 2.05) is 31.3 Å². The highest BCUT2D eigenvalue weighted by molar-refractivity contribution is 8.00. The molecule has 0 saturated heterocycles. The molecule has 0 saturated carbocycles. The fraction of sp³-hybridized carbons (Fsp3) is 0.261. The number of aromatic nitrogens is 2. The van der Waals surface area contributed by atoms with Crippen LogP contribution in [-0.2, 0) is 4.52 Å². The maximum atomic E-state index is 13.9. The molecular formula is C23H28ClFN7O2PS. The number of nitrogens with two attached hydrogens (primary N) is 1. The van der Waals surface area contributed by atoms with Crippen LogP contribution in [0.1, 0.15) is 12.5 Å². The highest BCUT2D eigenvalue weighted by atomic mass is 35.5. The SMILES string of the molecule is CC(=N)c1c(N)nc(-c2ccc(NSc3cc(Cl)ccc3F)cc2)nc1NCCN(C)CCOPO. The zero-order valence-electron chi connectivity index (χ0n) is 19.8. The van der Waals surface area contributed by atoms with Crippen LogP contribution < -0.4 is 15.8 Å². The molecule has 13 heteroatoms. The van der Waals surface area contributed by atoms with Gasteiger partial charge in [0.25, 0.3) is 0 Å². The first kappa shape index (κ1) is 28.0. The average Bonchev–Trinajstić information content (AvgIpc) is 2.84. The van der Waals surface area contributed by atoms with Crippen molar-refractivity contribution in [2.24, 2.45) is 0 Å². The molecule has 0 radical (unpaired) electrons. The van der Waals surface area contributed by atoms with E-state index in [1.165, 1.54) is 12.1 Å². The van der Waals surface area contributed by atoms with E-state index in [9.17, 15) is 4.39 Å². The molecule has 1 atom stereocenters. The second kappa shape index (κ2) is 13.7. The molecule has 0 spiro atoms. The second-order valence-electron chi connectivity index (χ2n) is 7.81. The summed E-state index contributed by atoms with van der Waals surface area (Å²) in [5.41, 5.74) is 8.42. The lowest BCUT2D eigenvalue weighted by Crippen LogP contribution is -2.28. The zero-order valence-corrected chi connectivity index (χ0v) is 22.4. The highest BCUT2D eigenvalue weighted by Gasteiger charge is 2.16. The molecule has 0 amide bonds. The Morgan fingerprint density at radius 1 is 1.25 bits per heavy atom. The summed E-state index contributed by atoms with van der Waals surface area (Å²) >= 11 is 7.08. The van der Waals surface area contributed by atoms with Crippen molar-refractivity contribution < 1.29 is 13.8 Å². The van der Waals surface area contributed by atoms with Crippen molar-refractivity contribution in [2.75, 3.05) is 49.1 Å². The maximum Gasteiger partial charge on any atom is 0.163 e. The number of hydrogen-bond donors (Lipinski definition) is 5. The molecule has 0 bridgehead atoms. The smallest absolute Gasteiger partial charge is 0.163 e. The molecule has 0 aliphatic carbocycles. The number of benzene rings is 2. The number of halogens is 2. The van der Waals surface area contributed by atoms with Gasteiger partial charge in [0.05, 0.1) is 17.1 Å². The van der Waals surface area contributed by atoms with Crippen LogP contribution in [0, 0.1) is 11.2 Å². The Labute approximate surface area is 220 Å². The van der Waals surface area contributed by atoms with E-state index < -0.39 is 9.03 Å². The maximum absolute atomic E-state index is 13.9. The molecule has 3 rings (SSSR count). The van der Waals surface area contributed by atoms with Crippen LogP contribution in [0.15, 0.2) is 47.4 Å². The monoisotopic (exact) mass is 551 g/mol. The fourth-order valence-electron chi connectivity index (χ4n) is 3.19. The van der Waals surface area contributed by atoms with E-state index in [4.69, 9.17) is 32.2 Å². The van der Waals surface area contributed by atoms with E-state index in [-0.39, 0.29) is 17.3 Å². The molecule has 6 N–H and O–H groups in total. The summed E-state index contributed by atoms with van der Waals surface area (Å²) in [5, 5.41) is 11.8. The topological polar surface area (TPSA) is 132 Å². The number of nitrogens with zero attached hydrogens (tertiary/aromatic N) is 3. The molecule has 192 valence electrons. The van der Waals surface area contributed by atoms with E-state index in [2.05, 4.69) is 24.9 Å². The highest BCUT2D eigenvalue weighted by Crippen LogP contribution is 2.29. The molecule has 0 aliphatic heterocycles. The molecule has 9 nitrogen and oxygen atoms in total. The first-order chi connectivity index (χ1) is 17.3. The molecule has 1 aromatic heterocycles. The first-order valence-corrected chi connectivity index (χ1v) is 13.0. The minimum absolute atomic E-state index is 0.217. The van der Waals surface area contributed by atoms with Crippen molar-refractivity contribution in [1.82, 2.24) is 14.9 Å². The van der Waals surface area contributed by atoms with E-state index >= 15 is 0 Å². The molecule has 2 aromatic carbocycles. The molecule has 3 aromatic rings. The van der Waals surface area contributed by atoms with Crippen molar-refractivity contribution in [1.29, 1.82) is 5.41 Å². The summed E-state index contributed by atoms with van der Waals surface area (Å²) in [6.07, 6.45) is 0. The molecule has 0 fully saturated rings. The summed E-state index contributed by atoms with van der Waals surface area (Å²) in [7, 11) is 1.43. The van der Waals surface area contributed by atoms with Crippen LogP contribution in [0.5, 0.6) is 0 Å². The predicted molar refractivity (Wildman–Crippen MR) is 148 cm³/mol. The van der Waals surface area contributed by atoms with Gasteiger partial charge in [0.2, 0.25) is 0 Å². The Morgan fingerprint density at radius 2 is 2.00 bits per heavy atom. The largest absolute Gasteiger partial charge is 0.383 e. The van der Waals surface area contributed by atoms with Gasteiger partial charge in [-0.05, 0) is 68.4 Å². The Balaban J connectivity index is 1.70. The molecule has 1 heterocycles. The van der Waals surface area contributed by atoms with Crippen LogP contribution in [-0.4, -0.2) is 58.8 Å². The van der Waals surface area contributed by atoms with Gasteiger partial charge in [-0.3, -0.25) is 0 Å². The third kappa shape index (κ3) is 7.99. The Morgan fingerprint density at radius 3 is 2.69 bits per heavy atom. The van der Waals surface area contributed by atoms with Gasteiger partial charge in [0.1, 0.15) is 17.5 Å². The van der Waals surface area contributed by atoms with Gasteiger partial charge in [0, 0.05) is 41.6 Å². The van der Waals surface area contributed by atoms with E-state index in [0.29, 0.717) is 53.4 Å². The number of nitrogens with one attached hydrogen (secondary N) is 3. The zero-order chi connectivity index (χ0) is 26.1. The van der Waals surface area contributed by atoms with Crippen LogP contribution >= 0.6 is 32.6 Å². The minimum Gasteiger partial charge on any atom is -0.383 e. The van der Waals surface area contributed by atoms with Gasteiger partial charge >= 0.3 is 0 Å². The standard InChI is InChI=1S/C23H28ClFN7O2PS/c1-14(26)20-21(27)29-22(30-23(20)28-9-10-32(2)11-12-34-35-33)15-3-6-17(7-4-15)31-36-19-13-16(24)5-8-18(19)25/h3-8,13,26,31,33,35H,9-12H2,1-2H3,(H3,27,28,29,30). The van der Waals surface area contributed by atoms with Gasteiger partial charge < -0.3 is 35.5 Å². The average molecular weight is 552 g/mol. The van der Waals surface area contributed by atoms with Gasteiger partial charge in [-0.1, -0.05) is 11.6 Å². The third-order valence-electron chi connectivity index (χ3n) is 5.05. The van der Waals surface area contributed by atoms with Gasteiger partial charge in [-0.15, -0.1) is 0 Å². The predicted octanol–water partition coefficient (Wildman–Crippen LogP) is 4.89. The number of anilines is 3. The van der Waals surface area contributed by atoms with Gasteiger partial charge in [-0.2, -0.15) is 0 Å². The number of hydrogen-bond acceptors (Lipinski definition) is 10. The number of nitrogen functional groups attached to an aromatic ring is 1. The van der Waals surface area contributed by atoms with E-state index in [1.54, 1.807) is 13.0 Å². The summed E-state index contributed by atoms with van der Waals surface area (Å²) in [4.78, 5) is 20.2. The molecule has 1 unspecified atom stereocenters. The summed E-state index contributed by atoms with van der Waals surface area (Å²) in [5.74, 6) is 0.769.